The van der Waals surface area contributed by atoms with Gasteiger partial charge in [-0.15, -0.1) is 0 Å². The Morgan fingerprint density at radius 2 is 1.85 bits per heavy atom. The molecule has 1 aliphatic carbocycles. The molecule has 1 atom stereocenters. The van der Waals surface area contributed by atoms with Crippen molar-refractivity contribution in [2.45, 2.75) is 44.2 Å². The van der Waals surface area contributed by atoms with Gasteiger partial charge < -0.3 is 15.4 Å². The van der Waals surface area contributed by atoms with Crippen LogP contribution >= 0.6 is 0 Å². The van der Waals surface area contributed by atoms with E-state index in [1.807, 2.05) is 0 Å². The van der Waals surface area contributed by atoms with Gasteiger partial charge in [0.25, 0.3) is 11.8 Å². The number of rotatable bonds is 5. The molecule has 1 saturated carbocycles. The van der Waals surface area contributed by atoms with Crippen molar-refractivity contribution in [3.8, 4) is 0 Å². The second-order valence-electron chi connectivity index (χ2n) is 6.74. The number of nitrogens with one attached hydrogen (secondary N) is 3. The molecule has 3 rings (SSSR count). The van der Waals surface area contributed by atoms with Crippen LogP contribution in [-0.2, 0) is 19.9 Å². The van der Waals surface area contributed by atoms with Gasteiger partial charge in [0, 0.05) is 6.04 Å². The zero-order valence-corrected chi connectivity index (χ0v) is 14.5. The highest BCUT2D eigenvalue weighted by Crippen LogP contribution is 2.24. The number of amides is 4. The molecule has 0 radical (unpaired) electrons. The zero-order chi connectivity index (χ0) is 18.7. The lowest BCUT2D eigenvalue weighted by molar-refractivity contribution is -0.125. The van der Waals surface area contributed by atoms with Crippen molar-refractivity contribution < 1.29 is 23.9 Å². The standard InChI is InChI=1S/C18H21N3O5/c1-18(16(24)20-17(25)21-18)12-8-6-11(7-9-12)15(23)26-10-14(22)19-13-4-2-3-5-13/h6-9,13H,2-5,10H2,1H3,(H,19,22)(H2,20,21,24,25)/t18-/m0/s1. The van der Waals surface area contributed by atoms with Gasteiger partial charge in [-0.3, -0.25) is 14.9 Å². The number of ether oxygens (including phenoxy) is 1. The molecule has 8 nitrogen and oxygen atoms in total. The van der Waals surface area contributed by atoms with Crippen LogP contribution in [0.4, 0.5) is 4.79 Å². The number of benzene rings is 1. The molecule has 138 valence electrons. The van der Waals surface area contributed by atoms with Crippen molar-refractivity contribution in [1.82, 2.24) is 16.0 Å². The average Bonchev–Trinajstić information content (AvgIpc) is 3.21. The van der Waals surface area contributed by atoms with Gasteiger partial charge >= 0.3 is 12.0 Å². The summed E-state index contributed by atoms with van der Waals surface area (Å²) in [4.78, 5) is 47.1. The lowest BCUT2D eigenvalue weighted by atomic mass is 9.91. The molecule has 8 heteroatoms. The summed E-state index contributed by atoms with van der Waals surface area (Å²) in [5.41, 5.74) is -0.382. The van der Waals surface area contributed by atoms with E-state index < -0.39 is 23.4 Å². The summed E-state index contributed by atoms with van der Waals surface area (Å²) in [6.07, 6.45) is 4.14. The average molecular weight is 359 g/mol. The molecule has 0 aromatic heterocycles. The van der Waals surface area contributed by atoms with E-state index in [1.165, 1.54) is 12.1 Å². The van der Waals surface area contributed by atoms with Gasteiger partial charge in [-0.2, -0.15) is 0 Å². The number of urea groups is 1. The second-order valence-corrected chi connectivity index (χ2v) is 6.74. The maximum absolute atomic E-state index is 12.1. The van der Waals surface area contributed by atoms with Crippen LogP contribution in [-0.4, -0.2) is 36.5 Å². The fourth-order valence-electron chi connectivity index (χ4n) is 3.24. The van der Waals surface area contributed by atoms with Gasteiger partial charge in [-0.1, -0.05) is 25.0 Å². The number of carbonyl (C=O) groups excluding carboxylic acids is 4. The monoisotopic (exact) mass is 359 g/mol. The number of hydrogen-bond acceptors (Lipinski definition) is 5. The fraction of sp³-hybridized carbons (Fsp3) is 0.444. The van der Waals surface area contributed by atoms with Crippen molar-refractivity contribution in [1.29, 1.82) is 0 Å². The van der Waals surface area contributed by atoms with E-state index in [4.69, 9.17) is 4.74 Å². The fourth-order valence-corrected chi connectivity index (χ4v) is 3.24. The van der Waals surface area contributed by atoms with E-state index in [2.05, 4.69) is 16.0 Å². The minimum absolute atomic E-state index is 0.175. The lowest BCUT2D eigenvalue weighted by Gasteiger charge is -2.21. The normalized spacial score (nSPS) is 22.7. The minimum atomic E-state index is -1.18. The minimum Gasteiger partial charge on any atom is -0.452 e. The number of imide groups is 1. The topological polar surface area (TPSA) is 114 Å². The number of esters is 1. The van der Waals surface area contributed by atoms with Crippen molar-refractivity contribution in [2.75, 3.05) is 6.61 Å². The molecule has 0 bridgehead atoms. The molecule has 2 fully saturated rings. The zero-order valence-electron chi connectivity index (χ0n) is 14.5. The molecule has 1 aromatic carbocycles. The molecule has 26 heavy (non-hydrogen) atoms. The van der Waals surface area contributed by atoms with Crippen LogP contribution in [0, 0.1) is 0 Å². The first-order valence-electron chi connectivity index (χ1n) is 8.59. The van der Waals surface area contributed by atoms with E-state index in [9.17, 15) is 19.2 Å². The lowest BCUT2D eigenvalue weighted by Crippen LogP contribution is -2.40. The Kier molecular flexibility index (Phi) is 4.92. The Hall–Kier alpha value is -2.90. The summed E-state index contributed by atoms with van der Waals surface area (Å²) in [7, 11) is 0. The summed E-state index contributed by atoms with van der Waals surface area (Å²) < 4.78 is 5.03. The van der Waals surface area contributed by atoms with Crippen LogP contribution in [0.3, 0.4) is 0 Å². The Morgan fingerprint density at radius 1 is 1.19 bits per heavy atom. The van der Waals surface area contributed by atoms with E-state index in [1.54, 1.807) is 19.1 Å². The molecule has 2 aliphatic rings. The largest absolute Gasteiger partial charge is 0.452 e. The summed E-state index contributed by atoms with van der Waals surface area (Å²) in [5.74, 6) is -1.38. The van der Waals surface area contributed by atoms with E-state index >= 15 is 0 Å². The highest BCUT2D eigenvalue weighted by Gasteiger charge is 2.43. The maximum atomic E-state index is 12.1. The summed E-state index contributed by atoms with van der Waals surface area (Å²) in [5, 5.41) is 7.58. The third kappa shape index (κ3) is 3.68. The smallest absolute Gasteiger partial charge is 0.338 e. The Morgan fingerprint density at radius 3 is 2.42 bits per heavy atom. The molecule has 1 heterocycles. The van der Waals surface area contributed by atoms with Crippen LogP contribution < -0.4 is 16.0 Å². The van der Waals surface area contributed by atoms with Gasteiger partial charge in [0.2, 0.25) is 0 Å². The van der Waals surface area contributed by atoms with E-state index in [0.29, 0.717) is 5.56 Å². The summed E-state index contributed by atoms with van der Waals surface area (Å²) in [6.45, 7) is 1.25. The van der Waals surface area contributed by atoms with E-state index in [-0.39, 0.29) is 24.1 Å². The molecule has 1 saturated heterocycles. The van der Waals surface area contributed by atoms with Crippen molar-refractivity contribution in [2.24, 2.45) is 0 Å². The molecular weight excluding hydrogens is 338 g/mol. The van der Waals surface area contributed by atoms with Gasteiger partial charge in [0.05, 0.1) is 5.56 Å². The summed E-state index contributed by atoms with van der Waals surface area (Å²) >= 11 is 0. The van der Waals surface area contributed by atoms with Crippen molar-refractivity contribution >= 4 is 23.8 Å². The van der Waals surface area contributed by atoms with Crippen LogP contribution in [0.15, 0.2) is 24.3 Å². The highest BCUT2D eigenvalue weighted by molar-refractivity contribution is 6.07. The molecule has 4 amide bonds. The molecule has 0 unspecified atom stereocenters. The first-order valence-corrected chi connectivity index (χ1v) is 8.59. The first-order chi connectivity index (χ1) is 12.4. The predicted octanol–water partition coefficient (Wildman–Crippen LogP) is 0.957. The summed E-state index contributed by atoms with van der Waals surface area (Å²) in [6, 6.07) is 5.74. The third-order valence-electron chi connectivity index (χ3n) is 4.80. The van der Waals surface area contributed by atoms with Crippen molar-refractivity contribution in [3.63, 3.8) is 0 Å². The predicted molar refractivity (Wildman–Crippen MR) is 91.1 cm³/mol. The van der Waals surface area contributed by atoms with Gasteiger partial charge in [-0.25, -0.2) is 9.59 Å². The van der Waals surface area contributed by atoms with Crippen LogP contribution in [0.2, 0.25) is 0 Å². The van der Waals surface area contributed by atoms with Crippen LogP contribution in [0.1, 0.15) is 48.5 Å². The van der Waals surface area contributed by atoms with Crippen molar-refractivity contribution in [3.05, 3.63) is 35.4 Å². The maximum Gasteiger partial charge on any atom is 0.338 e. The molecule has 1 aliphatic heterocycles. The Labute approximate surface area is 150 Å². The van der Waals surface area contributed by atoms with E-state index in [0.717, 1.165) is 25.7 Å². The first kappa shape index (κ1) is 17.9. The highest BCUT2D eigenvalue weighted by atomic mass is 16.5. The van der Waals surface area contributed by atoms with Gasteiger partial charge in [0.1, 0.15) is 5.54 Å². The SMILES string of the molecule is C[C@@]1(c2ccc(C(=O)OCC(=O)NC3CCCC3)cc2)NC(=O)NC1=O. The molecule has 3 N–H and O–H groups in total. The number of carbonyl (C=O) groups is 4. The van der Waals surface area contributed by atoms with Gasteiger partial charge in [-0.05, 0) is 37.5 Å². The second kappa shape index (κ2) is 7.15. The Bertz CT molecular complexity index is 740. The molecule has 0 spiro atoms. The van der Waals surface area contributed by atoms with Crippen LogP contribution in [0.5, 0.6) is 0 Å². The van der Waals surface area contributed by atoms with Gasteiger partial charge in [0.15, 0.2) is 6.61 Å². The molecular formula is C18H21N3O5. The van der Waals surface area contributed by atoms with Crippen LogP contribution in [0.25, 0.3) is 0 Å². The third-order valence-corrected chi connectivity index (χ3v) is 4.80. The quantitative estimate of drug-likeness (QED) is 0.535. The Balaban J connectivity index is 1.56. The molecule has 1 aromatic rings. The number of hydrogen-bond donors (Lipinski definition) is 3.